The Bertz CT molecular complexity index is 254. The van der Waals surface area contributed by atoms with E-state index < -0.39 is 12.1 Å². The molecule has 0 aromatic rings. The number of hydrogen-bond acceptors (Lipinski definition) is 4. The van der Waals surface area contributed by atoms with Crippen LogP contribution >= 0.6 is 0 Å². The first-order valence-corrected chi connectivity index (χ1v) is 4.33. The van der Waals surface area contributed by atoms with Gasteiger partial charge in [0.15, 0.2) is 11.9 Å². The maximum Gasteiger partial charge on any atom is 0.320 e. The highest BCUT2D eigenvalue weighted by molar-refractivity contribution is 5.86. The third kappa shape index (κ3) is 2.86. The maximum atomic E-state index is 11.2. The van der Waals surface area contributed by atoms with Crippen LogP contribution in [0, 0.1) is 11.3 Å². The lowest BCUT2D eigenvalue weighted by atomic mass is 9.96. The van der Waals surface area contributed by atoms with Crippen molar-refractivity contribution in [3.63, 3.8) is 0 Å². The van der Waals surface area contributed by atoms with Crippen LogP contribution in [0.15, 0.2) is 0 Å². The zero-order valence-corrected chi connectivity index (χ0v) is 7.28. The van der Waals surface area contributed by atoms with Gasteiger partial charge >= 0.3 is 5.97 Å². The van der Waals surface area contributed by atoms with E-state index in [1.807, 2.05) is 0 Å². The van der Waals surface area contributed by atoms with Gasteiger partial charge < -0.3 is 4.74 Å². The highest BCUT2D eigenvalue weighted by atomic mass is 16.5. The summed E-state index contributed by atoms with van der Waals surface area (Å²) in [4.78, 5) is 22.0. The number of carbonyl (C=O) groups is 2. The number of esters is 1. The van der Waals surface area contributed by atoms with Crippen molar-refractivity contribution in [2.24, 2.45) is 0 Å². The Balaban J connectivity index is 2.39. The molecule has 1 rings (SSSR count). The minimum absolute atomic E-state index is 0.0162. The van der Waals surface area contributed by atoms with Gasteiger partial charge in [0, 0.05) is 6.42 Å². The summed E-state index contributed by atoms with van der Waals surface area (Å²) in [6.45, 7) is 0. The Hall–Kier alpha value is -1.37. The van der Waals surface area contributed by atoms with Gasteiger partial charge in [-0.2, -0.15) is 5.26 Å². The highest BCUT2D eigenvalue weighted by Gasteiger charge is 2.25. The second-order valence-corrected chi connectivity index (χ2v) is 3.03. The Kier molecular flexibility index (Phi) is 3.44. The Labute approximate surface area is 76.5 Å². The van der Waals surface area contributed by atoms with E-state index in [1.165, 1.54) is 0 Å². The fourth-order valence-corrected chi connectivity index (χ4v) is 1.34. The van der Waals surface area contributed by atoms with Gasteiger partial charge in [-0.15, -0.1) is 0 Å². The summed E-state index contributed by atoms with van der Waals surface area (Å²) < 4.78 is 4.83. The predicted octanol–water partition coefficient (Wildman–Crippen LogP) is 0.955. The number of ether oxygens (including phenoxy) is 1. The van der Waals surface area contributed by atoms with Gasteiger partial charge in [0.05, 0.1) is 6.07 Å². The van der Waals surface area contributed by atoms with Gasteiger partial charge in [-0.1, -0.05) is 0 Å². The average Bonchev–Trinajstić information content (AvgIpc) is 2.09. The highest BCUT2D eigenvalue weighted by Crippen LogP contribution is 2.17. The fraction of sp³-hybridized carbons (Fsp3) is 0.667. The van der Waals surface area contributed by atoms with Crippen molar-refractivity contribution < 1.29 is 14.3 Å². The van der Waals surface area contributed by atoms with Crippen LogP contribution in [-0.4, -0.2) is 17.9 Å². The molecule has 0 N–H and O–H groups in total. The second kappa shape index (κ2) is 4.61. The van der Waals surface area contributed by atoms with E-state index in [2.05, 4.69) is 0 Å². The Morgan fingerprint density at radius 3 is 3.00 bits per heavy atom. The van der Waals surface area contributed by atoms with Crippen molar-refractivity contribution in [2.75, 3.05) is 0 Å². The molecule has 0 heterocycles. The standard InChI is InChI=1S/C9H11NO3/c10-6-5-9(12)13-8-4-2-1-3-7(8)11/h8H,1-5H2. The van der Waals surface area contributed by atoms with Gasteiger partial charge in [-0.05, 0) is 19.3 Å². The molecule has 13 heavy (non-hydrogen) atoms. The molecule has 0 aliphatic heterocycles. The molecule has 0 saturated heterocycles. The smallest absolute Gasteiger partial charge is 0.320 e. The zero-order valence-electron chi connectivity index (χ0n) is 7.28. The van der Waals surface area contributed by atoms with Gasteiger partial charge in [-0.3, -0.25) is 9.59 Å². The number of rotatable bonds is 2. The third-order valence-electron chi connectivity index (χ3n) is 2.00. The molecular weight excluding hydrogens is 170 g/mol. The fourth-order valence-electron chi connectivity index (χ4n) is 1.34. The summed E-state index contributed by atoms with van der Waals surface area (Å²) in [6.07, 6.45) is 2.03. The molecule has 1 aliphatic carbocycles. The quantitative estimate of drug-likeness (QED) is 0.595. The normalized spacial score (nSPS) is 22.1. The van der Waals surface area contributed by atoms with Crippen molar-refractivity contribution in [1.29, 1.82) is 5.26 Å². The Morgan fingerprint density at radius 2 is 2.38 bits per heavy atom. The van der Waals surface area contributed by atoms with E-state index in [0.29, 0.717) is 12.8 Å². The SMILES string of the molecule is N#CCC(=O)OC1CCCCC1=O. The first kappa shape index (κ1) is 9.72. The molecule has 1 saturated carbocycles. The summed E-state index contributed by atoms with van der Waals surface area (Å²) in [7, 11) is 0. The van der Waals surface area contributed by atoms with Crippen LogP contribution in [0.4, 0.5) is 0 Å². The largest absolute Gasteiger partial charge is 0.454 e. The van der Waals surface area contributed by atoms with Crippen molar-refractivity contribution in [2.45, 2.75) is 38.2 Å². The van der Waals surface area contributed by atoms with E-state index in [4.69, 9.17) is 10.00 Å². The summed E-state index contributed by atoms with van der Waals surface area (Å²) in [5.74, 6) is -0.611. The predicted molar refractivity (Wildman–Crippen MR) is 43.6 cm³/mol. The molecule has 0 aromatic heterocycles. The van der Waals surface area contributed by atoms with E-state index >= 15 is 0 Å². The molecule has 0 aromatic carbocycles. The van der Waals surface area contributed by atoms with Gasteiger partial charge in [0.1, 0.15) is 6.42 Å². The molecule has 1 unspecified atom stereocenters. The number of ketones is 1. The molecule has 1 fully saturated rings. The molecule has 4 nitrogen and oxygen atoms in total. The number of nitriles is 1. The van der Waals surface area contributed by atoms with Gasteiger partial charge in [0.25, 0.3) is 0 Å². The van der Waals surface area contributed by atoms with Crippen LogP contribution in [0.25, 0.3) is 0 Å². The molecule has 0 spiro atoms. The second-order valence-electron chi connectivity index (χ2n) is 3.03. The summed E-state index contributed by atoms with van der Waals surface area (Å²) >= 11 is 0. The van der Waals surface area contributed by atoms with Gasteiger partial charge in [-0.25, -0.2) is 0 Å². The molecule has 0 amide bonds. The molecule has 70 valence electrons. The van der Waals surface area contributed by atoms with Crippen molar-refractivity contribution >= 4 is 11.8 Å². The van der Waals surface area contributed by atoms with Crippen molar-refractivity contribution in [3.8, 4) is 6.07 Å². The van der Waals surface area contributed by atoms with Crippen molar-refractivity contribution in [1.82, 2.24) is 0 Å². The van der Waals surface area contributed by atoms with Crippen LogP contribution < -0.4 is 0 Å². The lowest BCUT2D eigenvalue weighted by Gasteiger charge is -2.19. The van der Waals surface area contributed by atoms with Crippen LogP contribution in [0.2, 0.25) is 0 Å². The van der Waals surface area contributed by atoms with E-state index in [1.54, 1.807) is 6.07 Å². The van der Waals surface area contributed by atoms with E-state index in [0.717, 1.165) is 12.8 Å². The van der Waals surface area contributed by atoms with Crippen LogP contribution in [0.5, 0.6) is 0 Å². The Morgan fingerprint density at radius 1 is 1.62 bits per heavy atom. The van der Waals surface area contributed by atoms with E-state index in [-0.39, 0.29) is 12.2 Å². The minimum Gasteiger partial charge on any atom is -0.454 e. The van der Waals surface area contributed by atoms with E-state index in [9.17, 15) is 9.59 Å². The van der Waals surface area contributed by atoms with Crippen molar-refractivity contribution in [3.05, 3.63) is 0 Å². The maximum absolute atomic E-state index is 11.2. The number of carbonyl (C=O) groups excluding carboxylic acids is 2. The van der Waals surface area contributed by atoms with Crippen LogP contribution in [0.3, 0.4) is 0 Å². The summed E-state index contributed by atoms with van der Waals surface area (Å²) in [5.41, 5.74) is 0. The molecule has 4 heteroatoms. The third-order valence-corrected chi connectivity index (χ3v) is 2.00. The summed E-state index contributed by atoms with van der Waals surface area (Å²) in [6, 6.07) is 1.69. The molecule has 1 atom stereocenters. The summed E-state index contributed by atoms with van der Waals surface area (Å²) in [5, 5.41) is 8.20. The lowest BCUT2D eigenvalue weighted by Crippen LogP contribution is -2.29. The lowest BCUT2D eigenvalue weighted by molar-refractivity contribution is -0.155. The average molecular weight is 181 g/mol. The van der Waals surface area contributed by atoms with Gasteiger partial charge in [0.2, 0.25) is 0 Å². The number of nitrogens with zero attached hydrogens (tertiary/aromatic N) is 1. The number of hydrogen-bond donors (Lipinski definition) is 0. The zero-order chi connectivity index (χ0) is 9.68. The monoisotopic (exact) mass is 181 g/mol. The molecular formula is C9H11NO3. The molecule has 1 aliphatic rings. The first-order valence-electron chi connectivity index (χ1n) is 4.33. The first-order chi connectivity index (χ1) is 6.24. The van der Waals surface area contributed by atoms with Crippen LogP contribution in [-0.2, 0) is 14.3 Å². The van der Waals surface area contributed by atoms with Crippen LogP contribution in [0.1, 0.15) is 32.1 Å². The number of Topliss-reactive ketones (excluding diaryl/α,β-unsaturated/α-hetero) is 1. The molecule has 0 radical (unpaired) electrons. The molecule has 0 bridgehead atoms. The topological polar surface area (TPSA) is 67.2 Å². The minimum atomic E-state index is -0.595.